The molecule has 0 aliphatic carbocycles. The van der Waals surface area contributed by atoms with Crippen LogP contribution >= 0.6 is 11.8 Å². The molecule has 0 spiro atoms. The van der Waals surface area contributed by atoms with Crippen LogP contribution in [0, 0.1) is 0 Å². The second kappa shape index (κ2) is 7.35. The first-order valence-electron chi connectivity index (χ1n) is 7.01. The summed E-state index contributed by atoms with van der Waals surface area (Å²) in [7, 11) is 0. The number of nitrogens with one attached hydrogen (secondary N) is 1. The van der Waals surface area contributed by atoms with Gasteiger partial charge in [0, 0.05) is 24.7 Å². The van der Waals surface area contributed by atoms with Gasteiger partial charge in [-0.05, 0) is 12.5 Å². The second-order valence-electron chi connectivity index (χ2n) is 4.84. The van der Waals surface area contributed by atoms with E-state index in [4.69, 9.17) is 0 Å². The molecular weight excluding hydrogens is 292 g/mol. The van der Waals surface area contributed by atoms with Crippen LogP contribution in [0.3, 0.4) is 0 Å². The number of hydrogen-bond acceptors (Lipinski definition) is 4. The van der Waals surface area contributed by atoms with Gasteiger partial charge in [0.15, 0.2) is 0 Å². The number of urea groups is 1. The van der Waals surface area contributed by atoms with Crippen molar-refractivity contribution in [2.75, 3.05) is 12.3 Å². The van der Waals surface area contributed by atoms with Crippen LogP contribution in [-0.2, 0) is 11.3 Å². The molecule has 2 amide bonds. The number of carbonyl (C=O) groups is 2. The smallest absolute Gasteiger partial charge is 0.327 e. The molecule has 21 heavy (non-hydrogen) atoms. The van der Waals surface area contributed by atoms with Gasteiger partial charge in [0.05, 0.1) is 11.9 Å². The number of amides is 2. The van der Waals surface area contributed by atoms with Crippen LogP contribution in [-0.4, -0.2) is 55.5 Å². The Kier molecular flexibility index (Phi) is 5.49. The number of carboxylic acid groups (broad SMARTS) is 1. The van der Waals surface area contributed by atoms with Crippen molar-refractivity contribution >= 4 is 23.8 Å². The Bertz CT molecular complexity index is 480. The molecule has 0 bridgehead atoms. The molecule has 7 nitrogen and oxygen atoms in total. The van der Waals surface area contributed by atoms with E-state index in [9.17, 15) is 14.7 Å². The fourth-order valence-corrected chi connectivity index (χ4v) is 3.81. The predicted octanol–water partition coefficient (Wildman–Crippen LogP) is 1.22. The largest absolute Gasteiger partial charge is 0.480 e. The van der Waals surface area contributed by atoms with Crippen LogP contribution in [0.4, 0.5) is 4.79 Å². The molecule has 2 atom stereocenters. The maximum atomic E-state index is 12.3. The van der Waals surface area contributed by atoms with Crippen LogP contribution in [0.25, 0.3) is 0 Å². The minimum absolute atomic E-state index is 0.0548. The molecule has 2 N–H and O–H groups in total. The van der Waals surface area contributed by atoms with Crippen LogP contribution in [0.2, 0.25) is 0 Å². The molecule has 1 fully saturated rings. The molecule has 2 heterocycles. The minimum atomic E-state index is -0.941. The lowest BCUT2D eigenvalue weighted by Crippen LogP contribution is -2.50. The van der Waals surface area contributed by atoms with Gasteiger partial charge >= 0.3 is 12.0 Å². The summed E-state index contributed by atoms with van der Waals surface area (Å²) in [5.41, 5.74) is 0. The Morgan fingerprint density at radius 1 is 1.52 bits per heavy atom. The van der Waals surface area contributed by atoms with Crippen molar-refractivity contribution in [1.29, 1.82) is 0 Å². The summed E-state index contributed by atoms with van der Waals surface area (Å²) in [4.78, 5) is 25.0. The zero-order chi connectivity index (χ0) is 15.2. The highest BCUT2D eigenvalue weighted by molar-refractivity contribution is 8.00. The third kappa shape index (κ3) is 3.90. The lowest BCUT2D eigenvalue weighted by atomic mass is 10.2. The van der Waals surface area contributed by atoms with Crippen molar-refractivity contribution in [2.45, 2.75) is 37.7 Å². The van der Waals surface area contributed by atoms with E-state index >= 15 is 0 Å². The predicted molar refractivity (Wildman–Crippen MR) is 80.0 cm³/mol. The molecule has 1 saturated heterocycles. The summed E-state index contributed by atoms with van der Waals surface area (Å²) in [6.45, 7) is 3.02. The van der Waals surface area contributed by atoms with E-state index in [2.05, 4.69) is 10.4 Å². The van der Waals surface area contributed by atoms with Crippen LogP contribution in [0.15, 0.2) is 18.5 Å². The van der Waals surface area contributed by atoms with Crippen molar-refractivity contribution in [2.24, 2.45) is 0 Å². The van der Waals surface area contributed by atoms with Crippen molar-refractivity contribution in [3.8, 4) is 0 Å². The molecule has 1 aromatic heterocycles. The van der Waals surface area contributed by atoms with Gasteiger partial charge in [0.1, 0.15) is 6.04 Å². The first-order valence-corrected chi connectivity index (χ1v) is 8.06. The van der Waals surface area contributed by atoms with E-state index in [1.165, 1.54) is 16.7 Å². The SMILES string of the molecule is CCCC1SCC(C(=O)O)N1C(=O)NCCn1cccn1. The topological polar surface area (TPSA) is 87.5 Å². The Balaban J connectivity index is 1.91. The number of carboxylic acids is 1. The zero-order valence-corrected chi connectivity index (χ0v) is 12.8. The number of nitrogens with zero attached hydrogens (tertiary/aromatic N) is 3. The number of thioether (sulfide) groups is 1. The lowest BCUT2D eigenvalue weighted by Gasteiger charge is -2.27. The Morgan fingerprint density at radius 2 is 2.33 bits per heavy atom. The van der Waals surface area contributed by atoms with E-state index in [0.717, 1.165) is 12.8 Å². The van der Waals surface area contributed by atoms with E-state index in [0.29, 0.717) is 18.8 Å². The normalized spacial score (nSPS) is 21.5. The molecule has 8 heteroatoms. The molecule has 1 aliphatic rings. The number of aliphatic carboxylic acids is 1. The van der Waals surface area contributed by atoms with Gasteiger partial charge in [0.2, 0.25) is 0 Å². The molecule has 116 valence electrons. The van der Waals surface area contributed by atoms with Gasteiger partial charge in [0.25, 0.3) is 0 Å². The molecule has 0 radical (unpaired) electrons. The summed E-state index contributed by atoms with van der Waals surface area (Å²) in [5.74, 6) is -0.490. The number of hydrogen-bond donors (Lipinski definition) is 2. The number of rotatable bonds is 6. The molecule has 2 rings (SSSR count). The maximum Gasteiger partial charge on any atom is 0.327 e. The molecule has 1 aromatic rings. The maximum absolute atomic E-state index is 12.3. The fraction of sp³-hybridized carbons (Fsp3) is 0.615. The molecule has 2 unspecified atom stereocenters. The van der Waals surface area contributed by atoms with Gasteiger partial charge in [-0.25, -0.2) is 9.59 Å². The summed E-state index contributed by atoms with van der Waals surface area (Å²) in [6.07, 6.45) is 5.22. The standard InChI is InChI=1S/C13H20N4O3S/c1-2-4-11-17(10(9-21-11)12(18)19)13(20)14-6-8-16-7-3-5-15-16/h3,5,7,10-11H,2,4,6,8-9H2,1H3,(H,14,20)(H,18,19). The van der Waals surface area contributed by atoms with E-state index in [1.807, 2.05) is 19.2 Å². The highest BCUT2D eigenvalue weighted by Crippen LogP contribution is 2.32. The average Bonchev–Trinajstić information content (AvgIpc) is 3.08. The summed E-state index contributed by atoms with van der Waals surface area (Å²) in [6, 6.07) is 0.769. The number of carbonyl (C=O) groups excluding carboxylic acids is 1. The van der Waals surface area contributed by atoms with Crippen molar-refractivity contribution < 1.29 is 14.7 Å². The van der Waals surface area contributed by atoms with Crippen LogP contribution < -0.4 is 5.32 Å². The monoisotopic (exact) mass is 312 g/mol. The first kappa shape index (κ1) is 15.7. The summed E-state index contributed by atoms with van der Waals surface area (Å²) in [5, 5.41) is 16.0. The van der Waals surface area contributed by atoms with E-state index in [-0.39, 0.29) is 11.4 Å². The van der Waals surface area contributed by atoms with Crippen molar-refractivity contribution in [1.82, 2.24) is 20.0 Å². The lowest BCUT2D eigenvalue weighted by molar-refractivity contribution is -0.141. The average molecular weight is 312 g/mol. The first-order chi connectivity index (χ1) is 10.1. The van der Waals surface area contributed by atoms with Gasteiger partial charge in [-0.15, -0.1) is 11.8 Å². The van der Waals surface area contributed by atoms with Gasteiger partial charge in [-0.2, -0.15) is 5.10 Å². The zero-order valence-electron chi connectivity index (χ0n) is 11.9. The minimum Gasteiger partial charge on any atom is -0.480 e. The van der Waals surface area contributed by atoms with Gasteiger partial charge in [-0.3, -0.25) is 9.58 Å². The second-order valence-corrected chi connectivity index (χ2v) is 6.05. The third-order valence-corrected chi connectivity index (χ3v) is 4.68. The quantitative estimate of drug-likeness (QED) is 0.824. The summed E-state index contributed by atoms with van der Waals surface area (Å²) >= 11 is 1.54. The van der Waals surface area contributed by atoms with Gasteiger partial charge in [-0.1, -0.05) is 13.3 Å². The highest BCUT2D eigenvalue weighted by atomic mass is 32.2. The Morgan fingerprint density at radius 3 is 2.95 bits per heavy atom. The molecule has 1 aliphatic heterocycles. The summed E-state index contributed by atoms with van der Waals surface area (Å²) < 4.78 is 1.72. The molecule has 0 aromatic carbocycles. The van der Waals surface area contributed by atoms with E-state index < -0.39 is 12.0 Å². The van der Waals surface area contributed by atoms with Gasteiger partial charge < -0.3 is 10.4 Å². The fourth-order valence-electron chi connectivity index (χ4n) is 2.30. The Hall–Kier alpha value is -1.70. The number of aromatic nitrogens is 2. The van der Waals surface area contributed by atoms with Crippen LogP contribution in [0.5, 0.6) is 0 Å². The van der Waals surface area contributed by atoms with E-state index in [1.54, 1.807) is 10.9 Å². The van der Waals surface area contributed by atoms with Crippen LogP contribution in [0.1, 0.15) is 19.8 Å². The molecule has 0 saturated carbocycles. The Labute approximate surface area is 127 Å². The highest BCUT2D eigenvalue weighted by Gasteiger charge is 2.41. The van der Waals surface area contributed by atoms with Crippen molar-refractivity contribution in [3.05, 3.63) is 18.5 Å². The van der Waals surface area contributed by atoms with Crippen molar-refractivity contribution in [3.63, 3.8) is 0 Å². The third-order valence-electron chi connectivity index (χ3n) is 3.32. The molecular formula is C13H20N4O3S.